The van der Waals surface area contributed by atoms with Crippen molar-refractivity contribution in [3.05, 3.63) is 50.8 Å². The molecule has 3 heteroatoms. The molecule has 0 aliphatic heterocycles. The van der Waals surface area contributed by atoms with E-state index in [1.54, 1.807) is 0 Å². The summed E-state index contributed by atoms with van der Waals surface area (Å²) >= 11 is 6.82. The van der Waals surface area contributed by atoms with E-state index < -0.39 is 0 Å². The summed E-state index contributed by atoms with van der Waals surface area (Å²) in [5.41, 5.74) is 1.53. The molecular weight excluding hydrogens is 417 g/mol. The first-order chi connectivity index (χ1) is 7.69. The quantitative estimate of drug-likeness (QED) is 0.440. The van der Waals surface area contributed by atoms with Gasteiger partial charge in [0.25, 0.3) is 0 Å². The molecule has 0 fully saturated rings. The second kappa shape index (κ2) is 6.17. The molecule has 17 heavy (non-hydrogen) atoms. The molecule has 0 spiro atoms. The van der Waals surface area contributed by atoms with Crippen LogP contribution in [0.3, 0.4) is 0 Å². The maximum absolute atomic E-state index is 7.30. The summed E-state index contributed by atoms with van der Waals surface area (Å²) in [6.45, 7) is 0. The van der Waals surface area contributed by atoms with Gasteiger partial charge < -0.3 is 6.42 Å². The number of rotatable bonds is 0. The molecule has 2 rings (SSSR count). The minimum atomic E-state index is 0. The number of terminal acetylenes is 1. The summed E-state index contributed by atoms with van der Waals surface area (Å²) in [7, 11) is 0. The summed E-state index contributed by atoms with van der Waals surface area (Å²) in [6.07, 6.45) is 12.8. The van der Waals surface area contributed by atoms with Crippen molar-refractivity contribution in [1.82, 2.24) is 0 Å². The molecule has 0 nitrogen and oxygen atoms in total. The Labute approximate surface area is 143 Å². The maximum atomic E-state index is 7.30. The van der Waals surface area contributed by atoms with Gasteiger partial charge in [0.05, 0.1) is 0 Å². The first-order valence-electron chi connectivity index (χ1n) is 4.49. The van der Waals surface area contributed by atoms with E-state index in [0.29, 0.717) is 0 Å². The van der Waals surface area contributed by atoms with Crippen LogP contribution in [0.4, 0.5) is 0 Å². The molecule has 0 saturated heterocycles. The molecule has 0 aliphatic rings. The molecule has 0 heterocycles. The molecule has 2 aromatic rings. The number of halogens is 2. The first kappa shape index (κ1) is 14.9. The fourth-order valence-corrected chi connectivity index (χ4v) is 2.53. The SMILES string of the molecule is [C-]#Cc1c(Br)ccc2c(C#C)c(Br)ccc12.[Y]. The summed E-state index contributed by atoms with van der Waals surface area (Å²) in [5.74, 6) is 5.09. The average Bonchev–Trinajstić information content (AvgIpc) is 2.29. The topological polar surface area (TPSA) is 0 Å². The Kier molecular flexibility index (Phi) is 5.42. The smallest absolute Gasteiger partial charge is 0.0448 e. The van der Waals surface area contributed by atoms with Gasteiger partial charge in [-0.25, -0.2) is 0 Å². The van der Waals surface area contributed by atoms with E-state index in [4.69, 9.17) is 12.8 Å². The van der Waals surface area contributed by atoms with Crippen molar-refractivity contribution in [2.45, 2.75) is 0 Å². The number of hydrogen-bond donors (Lipinski definition) is 0. The van der Waals surface area contributed by atoms with Crippen molar-refractivity contribution < 1.29 is 32.7 Å². The minimum Gasteiger partial charge on any atom is -0.366 e. The molecule has 0 amide bonds. The van der Waals surface area contributed by atoms with Gasteiger partial charge in [0.2, 0.25) is 0 Å². The van der Waals surface area contributed by atoms with Crippen molar-refractivity contribution >= 4 is 42.6 Å². The van der Waals surface area contributed by atoms with Gasteiger partial charge >= 0.3 is 0 Å². The fourth-order valence-electron chi connectivity index (χ4n) is 1.63. The van der Waals surface area contributed by atoms with E-state index in [-0.39, 0.29) is 32.7 Å². The Hall–Kier alpha value is -0.116. The molecule has 0 atom stereocenters. The van der Waals surface area contributed by atoms with Gasteiger partial charge in [0.15, 0.2) is 0 Å². The van der Waals surface area contributed by atoms with E-state index in [0.717, 1.165) is 30.8 Å². The van der Waals surface area contributed by atoms with Crippen LogP contribution in [0.5, 0.6) is 0 Å². The molecule has 0 saturated carbocycles. The van der Waals surface area contributed by atoms with Gasteiger partial charge in [-0.2, -0.15) is 0 Å². The van der Waals surface area contributed by atoms with Gasteiger partial charge in [0, 0.05) is 42.7 Å². The van der Waals surface area contributed by atoms with Crippen molar-refractivity contribution in [2.24, 2.45) is 0 Å². The van der Waals surface area contributed by atoms with Crippen molar-refractivity contribution in [3.63, 3.8) is 0 Å². The first-order valence-corrected chi connectivity index (χ1v) is 6.07. The van der Waals surface area contributed by atoms with Gasteiger partial charge in [-0.05, 0) is 31.9 Å². The Morgan fingerprint density at radius 3 is 1.88 bits per heavy atom. The van der Waals surface area contributed by atoms with Crippen molar-refractivity contribution in [2.75, 3.05) is 0 Å². The van der Waals surface area contributed by atoms with Crippen LogP contribution in [0.2, 0.25) is 0 Å². The van der Waals surface area contributed by atoms with E-state index in [2.05, 4.69) is 43.7 Å². The van der Waals surface area contributed by atoms with E-state index >= 15 is 0 Å². The summed E-state index contributed by atoms with van der Waals surface area (Å²) < 4.78 is 1.74. The van der Waals surface area contributed by atoms with E-state index in [9.17, 15) is 0 Å². The standard InChI is InChI=1S/C14H5Br2.Y/c1-3-9-11-5-8-14(16)10(4-2)12(11)6-7-13(9)15;/h1,5-8H;/q-1;. The molecule has 0 aliphatic carbocycles. The van der Waals surface area contributed by atoms with Crippen LogP contribution >= 0.6 is 31.9 Å². The monoisotopic (exact) mass is 420 g/mol. The number of benzene rings is 2. The zero-order valence-corrected chi connectivity index (χ0v) is 14.7. The largest absolute Gasteiger partial charge is 0.366 e. The van der Waals surface area contributed by atoms with Crippen LogP contribution in [-0.2, 0) is 32.7 Å². The van der Waals surface area contributed by atoms with Crippen molar-refractivity contribution in [1.29, 1.82) is 0 Å². The molecule has 79 valence electrons. The predicted molar refractivity (Wildman–Crippen MR) is 73.5 cm³/mol. The molecule has 0 aromatic heterocycles. The average molecular weight is 422 g/mol. The van der Waals surface area contributed by atoms with Crippen LogP contribution in [0.15, 0.2) is 33.2 Å². The van der Waals surface area contributed by atoms with E-state index in [1.165, 1.54) is 0 Å². The molecule has 0 bridgehead atoms. The molecule has 0 unspecified atom stereocenters. The maximum Gasteiger partial charge on any atom is 0.0448 e. The van der Waals surface area contributed by atoms with Gasteiger partial charge in [-0.15, -0.1) is 12.0 Å². The second-order valence-corrected chi connectivity index (χ2v) is 4.92. The Bertz CT molecular complexity index is 601. The predicted octanol–water partition coefficient (Wildman–Crippen LogP) is 4.28. The summed E-state index contributed by atoms with van der Waals surface area (Å²) in [5, 5.41) is 1.88. The third kappa shape index (κ3) is 2.67. The zero-order valence-electron chi connectivity index (χ0n) is 8.72. The molecule has 2 aromatic carbocycles. The summed E-state index contributed by atoms with van der Waals surface area (Å²) in [6, 6.07) is 7.65. The molecule has 0 N–H and O–H groups in total. The van der Waals surface area contributed by atoms with Crippen LogP contribution in [-0.4, -0.2) is 0 Å². The minimum absolute atomic E-state index is 0. The zero-order chi connectivity index (χ0) is 11.7. The normalized spacial score (nSPS) is 9.18. The third-order valence-electron chi connectivity index (χ3n) is 2.37. The third-order valence-corrected chi connectivity index (χ3v) is 3.69. The van der Waals surface area contributed by atoms with Crippen LogP contribution in [0.25, 0.3) is 10.8 Å². The van der Waals surface area contributed by atoms with Gasteiger partial charge in [0.1, 0.15) is 0 Å². The molecular formula is C14H5Br2Y-. The van der Waals surface area contributed by atoms with Gasteiger partial charge in [-0.3, -0.25) is 5.92 Å². The van der Waals surface area contributed by atoms with E-state index in [1.807, 2.05) is 24.3 Å². The fraction of sp³-hybridized carbons (Fsp3) is 0. The van der Waals surface area contributed by atoms with Gasteiger partial charge in [-0.1, -0.05) is 45.4 Å². The molecule has 1 radical (unpaired) electrons. The Morgan fingerprint density at radius 2 is 1.41 bits per heavy atom. The number of hydrogen-bond acceptors (Lipinski definition) is 0. The van der Waals surface area contributed by atoms with Crippen molar-refractivity contribution in [3.8, 4) is 18.3 Å². The van der Waals surface area contributed by atoms with Crippen LogP contribution in [0, 0.1) is 24.7 Å². The number of fused-ring (bicyclic) bond motifs is 1. The van der Waals surface area contributed by atoms with Crippen LogP contribution in [0.1, 0.15) is 11.1 Å². The Morgan fingerprint density at radius 1 is 0.941 bits per heavy atom. The Balaban J connectivity index is 0.00000144. The summed E-state index contributed by atoms with van der Waals surface area (Å²) in [4.78, 5) is 0. The second-order valence-electron chi connectivity index (χ2n) is 3.21. The van der Waals surface area contributed by atoms with Crippen LogP contribution < -0.4 is 0 Å².